The first kappa shape index (κ1) is 35.3. The third kappa shape index (κ3) is 7.03. The van der Waals surface area contributed by atoms with Crippen molar-refractivity contribution in [1.82, 2.24) is 0 Å². The molecule has 53 heavy (non-hydrogen) atoms. The molecular weight excluding hydrogens is 669 g/mol. The van der Waals surface area contributed by atoms with Crippen LogP contribution >= 0.6 is 0 Å². The summed E-state index contributed by atoms with van der Waals surface area (Å²) < 4.78 is 0. The van der Waals surface area contributed by atoms with E-state index >= 15 is 0 Å². The molecule has 0 radical (unpaired) electrons. The number of allylic oxidation sites excluding steroid dienone is 2. The van der Waals surface area contributed by atoms with Crippen LogP contribution in [0.4, 0.5) is 0 Å². The Morgan fingerprint density at radius 3 is 1.15 bits per heavy atom. The average Bonchev–Trinajstić information content (AvgIpc) is 3.81. The molecule has 0 bridgehead atoms. The molecule has 0 atom stereocenters. The van der Waals surface area contributed by atoms with Gasteiger partial charge in [-0.1, -0.05) is 219 Å². The normalized spacial score (nSPS) is 14.1. The Kier molecular flexibility index (Phi) is 9.25. The van der Waals surface area contributed by atoms with Crippen molar-refractivity contribution in [2.45, 2.75) is 65.0 Å². The highest BCUT2D eigenvalue weighted by Crippen LogP contribution is 2.52. The van der Waals surface area contributed by atoms with Gasteiger partial charge in [0.1, 0.15) is 0 Å². The van der Waals surface area contributed by atoms with E-state index in [0.29, 0.717) is 0 Å². The zero-order chi connectivity index (χ0) is 36.8. The topological polar surface area (TPSA) is 0 Å². The van der Waals surface area contributed by atoms with Gasteiger partial charge in [0.2, 0.25) is 0 Å². The molecule has 2 aliphatic rings. The first-order valence-electron chi connectivity index (χ1n) is 19.4. The summed E-state index contributed by atoms with van der Waals surface area (Å²) in [5, 5.41) is 3.02. The Hall–Kier alpha value is -4.77. The van der Waals surface area contributed by atoms with Crippen LogP contribution in [0.25, 0.3) is 34.4 Å². The molecule has 0 N–H and O–H groups in total. The summed E-state index contributed by atoms with van der Waals surface area (Å²) in [5.41, 5.74) is 16.7. The molecule has 0 aromatic heterocycles. The summed E-state index contributed by atoms with van der Waals surface area (Å²) in [6.45, 7) is 14.6. The number of rotatable bonds is 10. The second-order valence-corrected chi connectivity index (χ2v) is 27.7. The zero-order valence-corrected chi connectivity index (χ0v) is 34.3. The fraction of sp³-hybridized carbons (Fsp3) is 0.216. The minimum atomic E-state index is -1.38. The van der Waals surface area contributed by atoms with Crippen LogP contribution in [0.5, 0.6) is 0 Å². The summed E-state index contributed by atoms with van der Waals surface area (Å²) in [5.74, 6) is 0. The van der Waals surface area contributed by atoms with E-state index in [1.807, 2.05) is 0 Å². The van der Waals surface area contributed by atoms with E-state index in [-0.39, 0.29) is 5.41 Å². The van der Waals surface area contributed by atoms with Gasteiger partial charge in [0.25, 0.3) is 0 Å². The molecular formula is C51H52Si2. The summed E-state index contributed by atoms with van der Waals surface area (Å²) in [6, 6.07) is 55.4. The standard InChI is InChI=1S/C51H52Si2/c1-52(2,3)45-27-23-39(24-28-45)47-21-13-19-41-31-43(33-49(41)47)51(35-37-15-9-7-10-16-37,36-38-17-11-8-12-18-38)44-32-42-20-14-22-48(50(42)34-44)40-25-29-46(30-26-40)53(4,5)6/h7-30,33-34H,31-32,35-36H2,1-6H3. The van der Waals surface area contributed by atoms with Crippen molar-refractivity contribution in [2.24, 2.45) is 5.41 Å². The van der Waals surface area contributed by atoms with Crippen LogP contribution in [0, 0.1) is 5.41 Å². The number of benzene rings is 6. The monoisotopic (exact) mass is 720 g/mol. The molecule has 6 aromatic carbocycles. The van der Waals surface area contributed by atoms with Crippen molar-refractivity contribution in [3.63, 3.8) is 0 Å². The van der Waals surface area contributed by atoms with E-state index < -0.39 is 16.1 Å². The summed E-state index contributed by atoms with van der Waals surface area (Å²) >= 11 is 0. The fourth-order valence-corrected chi connectivity index (χ4v) is 11.1. The van der Waals surface area contributed by atoms with Gasteiger partial charge in [-0.05, 0) is 81.3 Å². The Bertz CT molecular complexity index is 2140. The van der Waals surface area contributed by atoms with E-state index in [1.54, 1.807) is 0 Å². The van der Waals surface area contributed by atoms with Crippen LogP contribution in [-0.2, 0) is 25.7 Å². The minimum Gasteiger partial charge on any atom is -0.0656 e. The molecule has 0 fully saturated rings. The quantitative estimate of drug-likeness (QED) is 0.124. The Morgan fingerprint density at radius 2 is 0.792 bits per heavy atom. The van der Waals surface area contributed by atoms with Gasteiger partial charge >= 0.3 is 0 Å². The lowest BCUT2D eigenvalue weighted by Crippen LogP contribution is -2.37. The van der Waals surface area contributed by atoms with Crippen LogP contribution in [0.2, 0.25) is 39.3 Å². The minimum absolute atomic E-state index is 0.196. The molecule has 6 aromatic rings. The first-order chi connectivity index (χ1) is 25.5. The predicted octanol–water partition coefficient (Wildman–Crippen LogP) is 12.2. The van der Waals surface area contributed by atoms with E-state index in [1.165, 1.54) is 77.2 Å². The second-order valence-electron chi connectivity index (χ2n) is 17.5. The molecule has 264 valence electrons. The maximum absolute atomic E-state index is 2.60. The number of fused-ring (bicyclic) bond motifs is 2. The highest BCUT2D eigenvalue weighted by Gasteiger charge is 2.42. The molecule has 8 rings (SSSR count). The molecule has 0 spiro atoms. The molecule has 2 heteroatoms. The van der Waals surface area contributed by atoms with Crippen LogP contribution in [0.3, 0.4) is 0 Å². The third-order valence-electron chi connectivity index (χ3n) is 11.8. The first-order valence-corrected chi connectivity index (χ1v) is 26.4. The van der Waals surface area contributed by atoms with Crippen molar-refractivity contribution in [3.05, 3.63) is 190 Å². The molecule has 0 nitrogen and oxygen atoms in total. The largest absolute Gasteiger partial charge is 0.0775 e. The van der Waals surface area contributed by atoms with Gasteiger partial charge in [-0.2, -0.15) is 0 Å². The van der Waals surface area contributed by atoms with Gasteiger partial charge in [-0.3, -0.25) is 0 Å². The Labute approximate surface area is 320 Å². The smallest absolute Gasteiger partial charge is 0.0656 e. The van der Waals surface area contributed by atoms with E-state index in [0.717, 1.165) is 25.7 Å². The Balaban J connectivity index is 1.29. The summed E-state index contributed by atoms with van der Waals surface area (Å²) in [6.07, 6.45) is 9.06. The van der Waals surface area contributed by atoms with Gasteiger partial charge < -0.3 is 0 Å². The van der Waals surface area contributed by atoms with Crippen molar-refractivity contribution < 1.29 is 0 Å². The van der Waals surface area contributed by atoms with Crippen LogP contribution < -0.4 is 10.4 Å². The molecule has 0 saturated carbocycles. The fourth-order valence-electron chi connectivity index (χ4n) is 8.77. The molecule has 0 amide bonds. The van der Waals surface area contributed by atoms with Crippen molar-refractivity contribution in [3.8, 4) is 22.3 Å². The van der Waals surface area contributed by atoms with Gasteiger partial charge in [0.15, 0.2) is 0 Å². The van der Waals surface area contributed by atoms with E-state index in [4.69, 9.17) is 0 Å². The predicted molar refractivity (Wildman–Crippen MR) is 236 cm³/mol. The third-order valence-corrected chi connectivity index (χ3v) is 16.0. The van der Waals surface area contributed by atoms with Gasteiger partial charge in [-0.15, -0.1) is 0 Å². The summed E-state index contributed by atoms with van der Waals surface area (Å²) in [4.78, 5) is 0. The molecule has 0 aliphatic heterocycles. The lowest BCUT2D eigenvalue weighted by molar-refractivity contribution is 0.414. The highest BCUT2D eigenvalue weighted by molar-refractivity contribution is 6.89. The zero-order valence-electron chi connectivity index (χ0n) is 32.3. The SMILES string of the molecule is C[Si](C)(C)c1ccc(-c2cccc3c2C=C(C(Cc2ccccc2)(Cc2ccccc2)C2=Cc4c(cccc4-c4ccc([Si](C)(C)C)cc4)C2)C3)cc1. The average molecular weight is 721 g/mol. The molecule has 0 unspecified atom stereocenters. The maximum Gasteiger partial charge on any atom is 0.0775 e. The highest BCUT2D eigenvalue weighted by atomic mass is 28.3. The van der Waals surface area contributed by atoms with Gasteiger partial charge in [-0.25, -0.2) is 0 Å². The molecule has 2 aliphatic carbocycles. The van der Waals surface area contributed by atoms with Crippen molar-refractivity contribution in [2.75, 3.05) is 0 Å². The van der Waals surface area contributed by atoms with Crippen molar-refractivity contribution in [1.29, 1.82) is 0 Å². The lowest BCUT2D eigenvalue weighted by Gasteiger charge is -2.38. The van der Waals surface area contributed by atoms with Gasteiger partial charge in [0, 0.05) is 5.41 Å². The molecule has 0 heterocycles. The number of hydrogen-bond acceptors (Lipinski definition) is 0. The van der Waals surface area contributed by atoms with Gasteiger partial charge in [0.05, 0.1) is 16.1 Å². The van der Waals surface area contributed by atoms with Crippen molar-refractivity contribution >= 4 is 38.7 Å². The van der Waals surface area contributed by atoms with E-state index in [2.05, 4.69) is 197 Å². The van der Waals surface area contributed by atoms with Crippen LogP contribution in [0.15, 0.2) is 157 Å². The van der Waals surface area contributed by atoms with E-state index in [9.17, 15) is 0 Å². The second kappa shape index (κ2) is 13.9. The molecule has 0 saturated heterocycles. The Morgan fingerprint density at radius 1 is 0.415 bits per heavy atom. The number of hydrogen-bond donors (Lipinski definition) is 0. The summed E-state index contributed by atoms with van der Waals surface area (Å²) in [7, 11) is -2.77. The van der Waals surface area contributed by atoms with Crippen LogP contribution in [-0.4, -0.2) is 16.1 Å². The lowest BCUT2D eigenvalue weighted by atomic mass is 9.65. The van der Waals surface area contributed by atoms with Crippen LogP contribution in [0.1, 0.15) is 33.4 Å². The maximum atomic E-state index is 2.60.